The third-order valence-corrected chi connectivity index (χ3v) is 9.41. The lowest BCUT2D eigenvalue weighted by atomic mass is 9.95. The summed E-state index contributed by atoms with van der Waals surface area (Å²) < 4.78 is 0. The van der Waals surface area contributed by atoms with Gasteiger partial charge in [-0.25, -0.2) is 9.97 Å². The summed E-state index contributed by atoms with van der Waals surface area (Å²) in [6.07, 6.45) is 0. The number of pyridine rings is 2. The van der Waals surface area contributed by atoms with Crippen molar-refractivity contribution in [3.63, 3.8) is 0 Å². The normalized spacial score (nSPS) is 11.2. The molecule has 0 spiro atoms. The van der Waals surface area contributed by atoms with E-state index in [4.69, 9.17) is 9.97 Å². The fraction of sp³-hybridized carbons (Fsp3) is 0. The highest BCUT2D eigenvalue weighted by molar-refractivity contribution is 5.90. The molecule has 234 valence electrons. The van der Waals surface area contributed by atoms with E-state index >= 15 is 0 Å². The largest absolute Gasteiger partial charge is 0.248 e. The van der Waals surface area contributed by atoms with Crippen LogP contribution in [-0.4, -0.2) is 9.97 Å². The third kappa shape index (κ3) is 5.85. The maximum atomic E-state index is 5.19. The Hall–Kier alpha value is -6.64. The minimum atomic E-state index is 0.950. The van der Waals surface area contributed by atoms with Crippen molar-refractivity contribution in [3.05, 3.63) is 194 Å². The molecule has 0 unspecified atom stereocenters. The number of hydrogen-bond acceptors (Lipinski definition) is 2. The molecule has 2 heterocycles. The lowest BCUT2D eigenvalue weighted by Gasteiger charge is -2.13. The van der Waals surface area contributed by atoms with E-state index in [1.54, 1.807) is 0 Å². The predicted octanol–water partition coefficient (Wildman–Crippen LogP) is 12.8. The van der Waals surface area contributed by atoms with Gasteiger partial charge in [0.25, 0.3) is 0 Å². The van der Waals surface area contributed by atoms with Crippen LogP contribution >= 0.6 is 0 Å². The lowest BCUT2D eigenvalue weighted by molar-refractivity contribution is 1.32. The summed E-state index contributed by atoms with van der Waals surface area (Å²) in [5.74, 6) is 0. The number of aromatic nitrogens is 2. The Labute approximate surface area is 292 Å². The summed E-state index contributed by atoms with van der Waals surface area (Å²) >= 11 is 0. The standard InChI is InChI=1S/C48H32N2/c1-3-14-35(15-4-1)45-29-43(31-47(49-45)41-24-22-33-12-7-9-18-37(33)27-41)39-20-11-21-40(26-39)44-30-46(36-16-5-2-6-17-36)50-48(32-44)42-25-23-34-13-8-10-19-38(34)28-42/h1-32H. The molecule has 0 radical (unpaired) electrons. The fourth-order valence-corrected chi connectivity index (χ4v) is 6.78. The molecule has 0 amide bonds. The van der Waals surface area contributed by atoms with Crippen LogP contribution in [0.5, 0.6) is 0 Å². The molecule has 2 nitrogen and oxygen atoms in total. The summed E-state index contributed by atoms with van der Waals surface area (Å²) in [7, 11) is 0. The zero-order valence-corrected chi connectivity index (χ0v) is 27.4. The van der Waals surface area contributed by atoms with Crippen molar-refractivity contribution in [2.75, 3.05) is 0 Å². The van der Waals surface area contributed by atoms with Crippen molar-refractivity contribution in [1.82, 2.24) is 9.97 Å². The Morgan fingerprint density at radius 3 is 1.00 bits per heavy atom. The number of benzene rings is 7. The second-order valence-corrected chi connectivity index (χ2v) is 12.7. The Morgan fingerprint density at radius 1 is 0.200 bits per heavy atom. The molecule has 0 saturated carbocycles. The summed E-state index contributed by atoms with van der Waals surface area (Å²) in [6, 6.07) is 68.7. The minimum absolute atomic E-state index is 0.950. The third-order valence-electron chi connectivity index (χ3n) is 9.41. The van der Waals surface area contributed by atoms with Crippen LogP contribution < -0.4 is 0 Å². The van der Waals surface area contributed by atoms with Gasteiger partial charge in [-0.05, 0) is 86.3 Å². The van der Waals surface area contributed by atoms with Gasteiger partial charge in [0.2, 0.25) is 0 Å². The van der Waals surface area contributed by atoms with Gasteiger partial charge in [0.1, 0.15) is 0 Å². The van der Waals surface area contributed by atoms with Crippen molar-refractivity contribution in [2.45, 2.75) is 0 Å². The van der Waals surface area contributed by atoms with Crippen LogP contribution in [0.3, 0.4) is 0 Å². The molecule has 0 aliphatic carbocycles. The van der Waals surface area contributed by atoms with E-state index in [2.05, 4.69) is 182 Å². The monoisotopic (exact) mass is 636 g/mol. The molecule has 50 heavy (non-hydrogen) atoms. The Morgan fingerprint density at radius 2 is 0.560 bits per heavy atom. The van der Waals surface area contributed by atoms with E-state index in [9.17, 15) is 0 Å². The number of rotatable bonds is 6. The van der Waals surface area contributed by atoms with Crippen molar-refractivity contribution in [3.8, 4) is 67.3 Å². The fourth-order valence-electron chi connectivity index (χ4n) is 6.78. The zero-order valence-electron chi connectivity index (χ0n) is 27.4. The van der Waals surface area contributed by atoms with Gasteiger partial charge in [-0.3, -0.25) is 0 Å². The zero-order chi connectivity index (χ0) is 33.3. The van der Waals surface area contributed by atoms with E-state index in [1.165, 1.54) is 21.5 Å². The highest BCUT2D eigenvalue weighted by Crippen LogP contribution is 2.36. The van der Waals surface area contributed by atoms with E-state index in [0.717, 1.165) is 67.3 Å². The van der Waals surface area contributed by atoms with Gasteiger partial charge in [0.15, 0.2) is 0 Å². The van der Waals surface area contributed by atoms with Gasteiger partial charge in [-0.2, -0.15) is 0 Å². The quantitative estimate of drug-likeness (QED) is 0.181. The van der Waals surface area contributed by atoms with Gasteiger partial charge in [-0.15, -0.1) is 0 Å². The summed E-state index contributed by atoms with van der Waals surface area (Å²) in [4.78, 5) is 10.4. The number of nitrogens with zero attached hydrogens (tertiary/aromatic N) is 2. The van der Waals surface area contributed by atoms with Gasteiger partial charge >= 0.3 is 0 Å². The number of fused-ring (bicyclic) bond motifs is 2. The van der Waals surface area contributed by atoms with Crippen LogP contribution in [-0.2, 0) is 0 Å². The molecule has 0 fully saturated rings. The van der Waals surface area contributed by atoms with E-state index in [-0.39, 0.29) is 0 Å². The molecule has 2 aromatic heterocycles. The van der Waals surface area contributed by atoms with Gasteiger partial charge < -0.3 is 0 Å². The Bertz CT molecular complexity index is 2460. The summed E-state index contributed by atoms with van der Waals surface area (Å²) in [5.41, 5.74) is 12.7. The molecule has 9 aromatic rings. The lowest BCUT2D eigenvalue weighted by Crippen LogP contribution is -1.93. The molecule has 0 N–H and O–H groups in total. The van der Waals surface area contributed by atoms with E-state index < -0.39 is 0 Å². The molecule has 0 aliphatic rings. The van der Waals surface area contributed by atoms with Gasteiger partial charge in [0, 0.05) is 22.3 Å². The van der Waals surface area contributed by atoms with Crippen molar-refractivity contribution < 1.29 is 0 Å². The highest BCUT2D eigenvalue weighted by Gasteiger charge is 2.13. The topological polar surface area (TPSA) is 25.8 Å². The number of hydrogen-bond donors (Lipinski definition) is 0. The average molecular weight is 637 g/mol. The van der Waals surface area contributed by atoms with Crippen molar-refractivity contribution >= 4 is 21.5 Å². The molecule has 2 heteroatoms. The van der Waals surface area contributed by atoms with Crippen LogP contribution in [0.1, 0.15) is 0 Å². The molecule has 0 aliphatic heterocycles. The SMILES string of the molecule is c1ccc(-c2cc(-c3cccc(-c4cc(-c5ccccc5)nc(-c5ccc6ccccc6c5)c4)c3)cc(-c3ccc4ccccc4c3)n2)cc1. The van der Waals surface area contributed by atoms with Crippen LogP contribution in [0, 0.1) is 0 Å². The first-order chi connectivity index (χ1) is 24.7. The predicted molar refractivity (Wildman–Crippen MR) is 210 cm³/mol. The van der Waals surface area contributed by atoms with Crippen molar-refractivity contribution in [2.24, 2.45) is 0 Å². The first-order valence-electron chi connectivity index (χ1n) is 17.0. The molecular formula is C48H32N2. The molecule has 0 bridgehead atoms. The summed E-state index contributed by atoms with van der Waals surface area (Å²) in [6.45, 7) is 0. The Balaban J connectivity index is 1.19. The van der Waals surface area contributed by atoms with Crippen LogP contribution in [0.4, 0.5) is 0 Å². The average Bonchev–Trinajstić information content (AvgIpc) is 3.21. The first-order valence-corrected chi connectivity index (χ1v) is 17.0. The maximum Gasteiger partial charge on any atom is 0.0715 e. The van der Waals surface area contributed by atoms with E-state index in [1.807, 2.05) is 12.1 Å². The van der Waals surface area contributed by atoms with E-state index in [0.29, 0.717) is 0 Å². The van der Waals surface area contributed by atoms with Crippen LogP contribution in [0.2, 0.25) is 0 Å². The first kappa shape index (κ1) is 29.5. The molecule has 0 saturated heterocycles. The second kappa shape index (κ2) is 12.8. The van der Waals surface area contributed by atoms with Crippen molar-refractivity contribution in [1.29, 1.82) is 0 Å². The summed E-state index contributed by atoms with van der Waals surface area (Å²) in [5, 5.41) is 4.85. The smallest absolute Gasteiger partial charge is 0.0715 e. The highest BCUT2D eigenvalue weighted by atomic mass is 14.7. The van der Waals surface area contributed by atoms with Gasteiger partial charge in [0.05, 0.1) is 22.8 Å². The second-order valence-electron chi connectivity index (χ2n) is 12.7. The van der Waals surface area contributed by atoms with Crippen LogP contribution in [0.15, 0.2) is 194 Å². The molecule has 9 rings (SSSR count). The van der Waals surface area contributed by atoms with Gasteiger partial charge in [-0.1, -0.05) is 152 Å². The molecule has 0 atom stereocenters. The molecule has 7 aromatic carbocycles. The van der Waals surface area contributed by atoms with Crippen LogP contribution in [0.25, 0.3) is 88.8 Å². The molecular weight excluding hydrogens is 605 g/mol. The minimum Gasteiger partial charge on any atom is -0.248 e. The maximum absolute atomic E-state index is 5.19. The Kier molecular flexibility index (Phi) is 7.53.